The third kappa shape index (κ3) is 5.77. The summed E-state index contributed by atoms with van der Waals surface area (Å²) in [5.41, 5.74) is 9.19. The summed E-state index contributed by atoms with van der Waals surface area (Å²) in [6.07, 6.45) is 0. The quantitative estimate of drug-likeness (QED) is 0.201. The van der Waals surface area contributed by atoms with E-state index in [2.05, 4.69) is 168 Å². The molecule has 6 aromatic rings. The van der Waals surface area contributed by atoms with Gasteiger partial charge in [-0.3, -0.25) is 0 Å². The van der Waals surface area contributed by atoms with Gasteiger partial charge in [0.15, 0.2) is 0 Å². The molecule has 0 amide bonds. The average molecular weight is 521 g/mol. The highest BCUT2D eigenvalue weighted by atomic mass is 31.1. The molecule has 0 radical (unpaired) electrons. The van der Waals surface area contributed by atoms with Crippen LogP contribution in [0.15, 0.2) is 164 Å². The molecule has 0 saturated carbocycles. The molecule has 2 nitrogen and oxygen atoms in total. The van der Waals surface area contributed by atoms with Gasteiger partial charge in [0.25, 0.3) is 0 Å². The normalized spacial score (nSPS) is 11.0. The summed E-state index contributed by atoms with van der Waals surface area (Å²) in [5, 5.41) is 5.04. The molecule has 0 bridgehead atoms. The fourth-order valence-electron chi connectivity index (χ4n) is 4.75. The molecule has 39 heavy (non-hydrogen) atoms. The van der Waals surface area contributed by atoms with Crippen molar-refractivity contribution in [3.05, 3.63) is 164 Å². The molecule has 0 aliphatic carbocycles. The summed E-state index contributed by atoms with van der Waals surface area (Å²) in [6, 6.07) is 57.8. The molecule has 1 atom stereocenters. The van der Waals surface area contributed by atoms with Crippen molar-refractivity contribution in [2.75, 3.05) is 9.99 Å². The Labute approximate surface area is 232 Å². The number of hydrogen-bond donors (Lipinski definition) is 1. The van der Waals surface area contributed by atoms with Gasteiger partial charge in [0, 0.05) is 20.1 Å². The predicted octanol–water partition coefficient (Wildman–Crippen LogP) is 9.82. The molecule has 0 aromatic heterocycles. The molecule has 6 aromatic carbocycles. The van der Waals surface area contributed by atoms with Gasteiger partial charge < -0.3 is 9.99 Å². The van der Waals surface area contributed by atoms with E-state index in [1.54, 1.807) is 0 Å². The first-order valence-electron chi connectivity index (χ1n) is 13.1. The van der Waals surface area contributed by atoms with Crippen LogP contribution in [0.25, 0.3) is 22.3 Å². The van der Waals surface area contributed by atoms with Gasteiger partial charge in [-0.15, -0.1) is 0 Å². The maximum atomic E-state index is 3.76. The lowest BCUT2D eigenvalue weighted by Crippen LogP contribution is -2.12. The van der Waals surface area contributed by atoms with Crippen LogP contribution in [-0.2, 0) is 0 Å². The van der Waals surface area contributed by atoms with Gasteiger partial charge in [-0.1, -0.05) is 127 Å². The minimum absolute atomic E-state index is 0.418. The van der Waals surface area contributed by atoms with Gasteiger partial charge >= 0.3 is 0 Å². The largest absolute Gasteiger partial charge is 0.354 e. The average Bonchev–Trinajstić information content (AvgIpc) is 3.02. The molecule has 0 aliphatic heterocycles. The van der Waals surface area contributed by atoms with Crippen LogP contribution < -0.4 is 15.3 Å². The zero-order valence-corrected chi connectivity index (χ0v) is 22.5. The van der Waals surface area contributed by atoms with E-state index in [0.717, 1.165) is 22.7 Å². The van der Waals surface area contributed by atoms with Crippen molar-refractivity contribution < 1.29 is 0 Å². The van der Waals surface area contributed by atoms with Crippen LogP contribution in [0.5, 0.6) is 0 Å². The Hall–Kier alpha value is -4.65. The standard InChI is InChI=1S/C36H29N2P/c1-6-16-28(17-7-1)33-26-35(37-30-20-10-3-11-21-30)36(27-34(33)29-18-8-2-9-19-29)38(31-22-12-4-13-23-31)39-32-24-14-5-15-25-32/h1-27,37,39H. The number of hydrogen-bond acceptors (Lipinski definition) is 2. The van der Waals surface area contributed by atoms with Crippen LogP contribution in [0.3, 0.4) is 0 Å². The zero-order valence-electron chi connectivity index (χ0n) is 21.5. The minimum atomic E-state index is 0.418. The Bertz CT molecular complexity index is 1620. The van der Waals surface area contributed by atoms with Crippen molar-refractivity contribution in [3.8, 4) is 22.3 Å². The van der Waals surface area contributed by atoms with E-state index in [1.807, 2.05) is 6.07 Å². The molecule has 0 spiro atoms. The summed E-state index contributed by atoms with van der Waals surface area (Å²) in [5.74, 6) is 0. The van der Waals surface area contributed by atoms with E-state index in [0.29, 0.717) is 8.73 Å². The van der Waals surface area contributed by atoms with Crippen LogP contribution in [0.2, 0.25) is 0 Å². The van der Waals surface area contributed by atoms with Gasteiger partial charge in [-0.2, -0.15) is 0 Å². The van der Waals surface area contributed by atoms with Gasteiger partial charge in [0.1, 0.15) is 0 Å². The monoisotopic (exact) mass is 520 g/mol. The van der Waals surface area contributed by atoms with Gasteiger partial charge in [0.2, 0.25) is 0 Å². The van der Waals surface area contributed by atoms with Crippen molar-refractivity contribution in [1.29, 1.82) is 0 Å². The third-order valence-electron chi connectivity index (χ3n) is 6.63. The van der Waals surface area contributed by atoms with Gasteiger partial charge in [-0.25, -0.2) is 0 Å². The van der Waals surface area contributed by atoms with Crippen LogP contribution in [0, 0.1) is 0 Å². The minimum Gasteiger partial charge on any atom is -0.354 e. The Balaban J connectivity index is 1.60. The molecule has 6 rings (SSSR count). The highest BCUT2D eigenvalue weighted by Gasteiger charge is 2.20. The highest BCUT2D eigenvalue weighted by molar-refractivity contribution is 7.49. The highest BCUT2D eigenvalue weighted by Crippen LogP contribution is 2.46. The molecule has 1 unspecified atom stereocenters. The van der Waals surface area contributed by atoms with Crippen molar-refractivity contribution in [1.82, 2.24) is 0 Å². The molecule has 0 fully saturated rings. The molecular formula is C36H29N2P. The topological polar surface area (TPSA) is 15.3 Å². The first kappa shape index (κ1) is 24.7. The number of benzene rings is 6. The van der Waals surface area contributed by atoms with Crippen molar-refractivity contribution in [2.45, 2.75) is 0 Å². The van der Waals surface area contributed by atoms with Crippen molar-refractivity contribution in [3.63, 3.8) is 0 Å². The van der Waals surface area contributed by atoms with Crippen molar-refractivity contribution >= 4 is 36.8 Å². The lowest BCUT2D eigenvalue weighted by Gasteiger charge is -2.29. The summed E-state index contributed by atoms with van der Waals surface area (Å²) in [4.78, 5) is 0. The predicted molar refractivity (Wildman–Crippen MR) is 170 cm³/mol. The maximum absolute atomic E-state index is 3.76. The lowest BCUT2D eigenvalue weighted by atomic mass is 9.93. The van der Waals surface area contributed by atoms with E-state index < -0.39 is 0 Å². The second-order valence-electron chi connectivity index (χ2n) is 9.29. The lowest BCUT2D eigenvalue weighted by molar-refractivity contribution is 1.41. The van der Waals surface area contributed by atoms with E-state index in [4.69, 9.17) is 0 Å². The Kier molecular flexibility index (Phi) is 7.47. The number of nitrogens with zero attached hydrogens (tertiary/aromatic N) is 1. The third-order valence-corrected chi connectivity index (χ3v) is 7.94. The zero-order chi connectivity index (χ0) is 26.3. The van der Waals surface area contributed by atoms with Crippen LogP contribution >= 0.6 is 8.73 Å². The van der Waals surface area contributed by atoms with Crippen molar-refractivity contribution in [2.24, 2.45) is 0 Å². The molecule has 0 heterocycles. The van der Waals surface area contributed by atoms with E-state index in [9.17, 15) is 0 Å². The maximum Gasteiger partial charge on any atom is 0.0691 e. The SMILES string of the molecule is c1ccc(Nc2cc(-c3ccccc3)c(-c3ccccc3)cc2N(Pc2ccccc2)c2ccccc2)cc1. The Morgan fingerprint density at radius 3 is 1.49 bits per heavy atom. The summed E-state index contributed by atoms with van der Waals surface area (Å²) in [6.45, 7) is 0. The molecule has 0 aliphatic rings. The summed E-state index contributed by atoms with van der Waals surface area (Å²) < 4.78 is 2.43. The second kappa shape index (κ2) is 11.8. The number of anilines is 4. The van der Waals surface area contributed by atoms with Gasteiger partial charge in [-0.05, 0) is 64.0 Å². The summed E-state index contributed by atoms with van der Waals surface area (Å²) in [7, 11) is 0.418. The van der Waals surface area contributed by atoms with Crippen LogP contribution in [0.1, 0.15) is 0 Å². The molecule has 3 heteroatoms. The molecule has 188 valence electrons. The second-order valence-corrected chi connectivity index (χ2v) is 10.5. The smallest absolute Gasteiger partial charge is 0.0691 e. The van der Waals surface area contributed by atoms with Gasteiger partial charge in [0.05, 0.1) is 11.4 Å². The summed E-state index contributed by atoms with van der Waals surface area (Å²) >= 11 is 0. The number of rotatable bonds is 8. The van der Waals surface area contributed by atoms with Crippen LogP contribution in [-0.4, -0.2) is 0 Å². The fourth-order valence-corrected chi connectivity index (χ4v) is 5.93. The molecule has 0 saturated heterocycles. The number of para-hydroxylation sites is 2. The number of nitrogens with one attached hydrogen (secondary N) is 1. The Morgan fingerprint density at radius 1 is 0.462 bits per heavy atom. The fraction of sp³-hybridized carbons (Fsp3) is 0. The Morgan fingerprint density at radius 2 is 0.923 bits per heavy atom. The van der Waals surface area contributed by atoms with E-state index in [1.165, 1.54) is 27.6 Å². The molecular weight excluding hydrogens is 491 g/mol. The van der Waals surface area contributed by atoms with Crippen LogP contribution in [0.4, 0.5) is 22.7 Å². The van der Waals surface area contributed by atoms with E-state index >= 15 is 0 Å². The first-order valence-corrected chi connectivity index (χ1v) is 14.1. The molecule has 1 N–H and O–H groups in total. The first-order chi connectivity index (χ1) is 19.3. The van der Waals surface area contributed by atoms with E-state index in [-0.39, 0.29) is 0 Å².